The fourth-order valence-electron chi connectivity index (χ4n) is 6.51. The zero-order chi connectivity index (χ0) is 27.9. The summed E-state index contributed by atoms with van der Waals surface area (Å²) in [6, 6.07) is 6.56. The zero-order valence-electron chi connectivity index (χ0n) is 24.0. The van der Waals surface area contributed by atoms with Gasteiger partial charge in [0.05, 0.1) is 17.1 Å². The number of carbonyl (C=O) groups excluding carboxylic acids is 3. The molecule has 3 fully saturated rings. The highest BCUT2D eigenvalue weighted by Gasteiger charge is 2.34. The third kappa shape index (κ3) is 6.13. The van der Waals surface area contributed by atoms with E-state index >= 15 is 0 Å². The fraction of sp³-hybridized carbons (Fsp3) is 0.667. The maximum atomic E-state index is 12.5. The zero-order valence-corrected chi connectivity index (χ0v) is 24.0. The van der Waals surface area contributed by atoms with Gasteiger partial charge in [0, 0.05) is 38.5 Å². The van der Waals surface area contributed by atoms with Crippen molar-refractivity contribution < 1.29 is 19.1 Å². The highest BCUT2D eigenvalue weighted by molar-refractivity contribution is 6.02. The predicted octanol–water partition coefficient (Wildman–Crippen LogP) is 4.17. The molecule has 2 aromatic rings. The standard InChI is InChI=1S/C30H43N5O4/c1-19-17-35(29(38)39-30(2,3)4)15-12-22(19)18-34-13-10-20(11-14-34)21-6-7-23-25(16-21)33(5)32-27(23)24-8-9-26(36)31-28(24)37/h6-7,16,19-20,22,24H,8-15,17-18H2,1-5H3,(H,31,36,37)/t19-,22-,24?/m0/s1. The molecule has 9 nitrogen and oxygen atoms in total. The van der Waals surface area contributed by atoms with Gasteiger partial charge in [0.1, 0.15) is 5.60 Å². The SMILES string of the molecule is C[C@H]1CN(C(=O)OC(C)(C)C)CC[C@H]1CN1CCC(c2ccc3c(C4CCC(=O)NC4=O)nn(C)c3c2)CC1. The number of nitrogens with zero attached hydrogens (tertiary/aromatic N) is 4. The van der Waals surface area contributed by atoms with E-state index in [1.807, 2.05) is 37.4 Å². The molecule has 1 unspecified atom stereocenters. The van der Waals surface area contributed by atoms with Crippen LogP contribution in [0.3, 0.4) is 0 Å². The highest BCUT2D eigenvalue weighted by atomic mass is 16.6. The lowest BCUT2D eigenvalue weighted by molar-refractivity contribution is -0.134. The van der Waals surface area contributed by atoms with Crippen LogP contribution in [-0.4, -0.2) is 75.8 Å². The van der Waals surface area contributed by atoms with E-state index in [4.69, 9.17) is 9.84 Å². The highest BCUT2D eigenvalue weighted by Crippen LogP contribution is 2.35. The first-order valence-corrected chi connectivity index (χ1v) is 14.5. The molecule has 212 valence electrons. The van der Waals surface area contributed by atoms with Crippen LogP contribution in [0.2, 0.25) is 0 Å². The van der Waals surface area contributed by atoms with E-state index < -0.39 is 5.60 Å². The molecule has 3 amide bonds. The van der Waals surface area contributed by atoms with Gasteiger partial charge in [-0.25, -0.2) is 4.79 Å². The minimum Gasteiger partial charge on any atom is -0.444 e. The van der Waals surface area contributed by atoms with Crippen LogP contribution in [0.25, 0.3) is 10.9 Å². The van der Waals surface area contributed by atoms with Crippen molar-refractivity contribution in [2.24, 2.45) is 18.9 Å². The Kier molecular flexibility index (Phi) is 7.73. The summed E-state index contributed by atoms with van der Waals surface area (Å²) in [5.74, 6) is 0.731. The molecule has 0 spiro atoms. The number of rotatable bonds is 4. The first-order valence-electron chi connectivity index (χ1n) is 14.5. The van der Waals surface area contributed by atoms with Crippen molar-refractivity contribution in [1.82, 2.24) is 24.9 Å². The summed E-state index contributed by atoms with van der Waals surface area (Å²) in [6.45, 7) is 12.8. The number of nitrogens with one attached hydrogen (secondary N) is 1. The van der Waals surface area contributed by atoms with Crippen molar-refractivity contribution in [3.05, 3.63) is 29.5 Å². The van der Waals surface area contributed by atoms with E-state index in [-0.39, 0.29) is 23.8 Å². The van der Waals surface area contributed by atoms with E-state index in [0.717, 1.165) is 68.6 Å². The van der Waals surface area contributed by atoms with Gasteiger partial charge in [-0.3, -0.25) is 19.6 Å². The number of aryl methyl sites for hydroxylation is 1. The summed E-state index contributed by atoms with van der Waals surface area (Å²) in [5, 5.41) is 8.16. The first kappa shape index (κ1) is 27.6. The molecule has 3 saturated heterocycles. The Bertz CT molecular complexity index is 1240. The second-order valence-electron chi connectivity index (χ2n) is 12.8. The molecule has 0 radical (unpaired) electrons. The van der Waals surface area contributed by atoms with E-state index in [1.54, 1.807) is 0 Å². The number of benzene rings is 1. The van der Waals surface area contributed by atoms with Crippen LogP contribution < -0.4 is 5.32 Å². The quantitative estimate of drug-likeness (QED) is 0.588. The third-order valence-corrected chi connectivity index (χ3v) is 8.76. The predicted molar refractivity (Wildman–Crippen MR) is 149 cm³/mol. The maximum absolute atomic E-state index is 12.5. The van der Waals surface area contributed by atoms with Gasteiger partial charge < -0.3 is 14.5 Å². The summed E-state index contributed by atoms with van der Waals surface area (Å²) < 4.78 is 7.45. The molecule has 9 heteroatoms. The Balaban J connectivity index is 1.16. The molecule has 0 saturated carbocycles. The van der Waals surface area contributed by atoms with E-state index in [0.29, 0.717) is 30.6 Å². The smallest absolute Gasteiger partial charge is 0.410 e. The Morgan fingerprint density at radius 1 is 1.10 bits per heavy atom. The Hall–Kier alpha value is -2.94. The molecule has 39 heavy (non-hydrogen) atoms. The summed E-state index contributed by atoms with van der Waals surface area (Å²) in [4.78, 5) is 41.0. The van der Waals surface area contributed by atoms with Crippen LogP contribution in [0, 0.1) is 11.8 Å². The summed E-state index contributed by atoms with van der Waals surface area (Å²) >= 11 is 0. The van der Waals surface area contributed by atoms with Gasteiger partial charge in [-0.2, -0.15) is 5.10 Å². The average Bonchev–Trinajstić information content (AvgIpc) is 3.20. The third-order valence-electron chi connectivity index (χ3n) is 8.76. The molecule has 0 aliphatic carbocycles. The van der Waals surface area contributed by atoms with Gasteiger partial charge in [0.25, 0.3) is 0 Å². The number of ether oxygens (including phenoxy) is 1. The molecule has 1 aromatic carbocycles. The van der Waals surface area contributed by atoms with Crippen molar-refractivity contribution in [1.29, 1.82) is 0 Å². The fourth-order valence-corrected chi connectivity index (χ4v) is 6.51. The van der Waals surface area contributed by atoms with Crippen LogP contribution in [0.5, 0.6) is 0 Å². The number of amides is 3. The number of carbonyl (C=O) groups is 3. The largest absolute Gasteiger partial charge is 0.444 e. The van der Waals surface area contributed by atoms with Crippen LogP contribution in [0.1, 0.15) is 82.9 Å². The normalized spacial score (nSPS) is 25.7. The number of fused-ring (bicyclic) bond motifs is 1. The van der Waals surface area contributed by atoms with Gasteiger partial charge in [-0.15, -0.1) is 0 Å². The minimum absolute atomic E-state index is 0.191. The molecular weight excluding hydrogens is 494 g/mol. The molecule has 3 atom stereocenters. The molecule has 1 N–H and O–H groups in total. The Morgan fingerprint density at radius 3 is 2.51 bits per heavy atom. The number of hydrogen-bond donors (Lipinski definition) is 1. The number of imide groups is 1. The summed E-state index contributed by atoms with van der Waals surface area (Å²) in [5.41, 5.74) is 2.68. The number of likely N-dealkylation sites (tertiary alicyclic amines) is 2. The van der Waals surface area contributed by atoms with Gasteiger partial charge in [-0.1, -0.05) is 19.1 Å². The van der Waals surface area contributed by atoms with Crippen LogP contribution >= 0.6 is 0 Å². The number of hydrogen-bond acceptors (Lipinski definition) is 6. The summed E-state index contributed by atoms with van der Waals surface area (Å²) in [7, 11) is 1.93. The monoisotopic (exact) mass is 537 g/mol. The molecular formula is C30H43N5O4. The van der Waals surface area contributed by atoms with Gasteiger partial charge in [-0.05, 0) is 88.9 Å². The molecule has 0 bridgehead atoms. The second kappa shape index (κ2) is 10.9. The average molecular weight is 538 g/mol. The van der Waals surface area contributed by atoms with E-state index in [9.17, 15) is 14.4 Å². The Labute approximate surface area is 231 Å². The van der Waals surface area contributed by atoms with Gasteiger partial charge >= 0.3 is 6.09 Å². The van der Waals surface area contributed by atoms with E-state index in [2.05, 4.69) is 35.3 Å². The van der Waals surface area contributed by atoms with Crippen LogP contribution in [0.15, 0.2) is 18.2 Å². The Morgan fingerprint density at radius 2 is 1.85 bits per heavy atom. The van der Waals surface area contributed by atoms with Crippen LogP contribution in [0.4, 0.5) is 4.79 Å². The van der Waals surface area contributed by atoms with Crippen molar-refractivity contribution in [3.8, 4) is 0 Å². The first-order chi connectivity index (χ1) is 18.5. The number of aromatic nitrogens is 2. The lowest BCUT2D eigenvalue weighted by Gasteiger charge is -2.41. The molecule has 3 aliphatic heterocycles. The molecule has 1 aromatic heterocycles. The van der Waals surface area contributed by atoms with Crippen molar-refractivity contribution in [2.75, 3.05) is 32.7 Å². The minimum atomic E-state index is -0.460. The van der Waals surface area contributed by atoms with Gasteiger partial charge in [0.2, 0.25) is 11.8 Å². The van der Waals surface area contributed by atoms with Crippen molar-refractivity contribution >= 4 is 28.8 Å². The van der Waals surface area contributed by atoms with Crippen LogP contribution in [-0.2, 0) is 21.4 Å². The van der Waals surface area contributed by atoms with E-state index in [1.165, 1.54) is 5.56 Å². The van der Waals surface area contributed by atoms with Gasteiger partial charge in [0.15, 0.2) is 0 Å². The summed E-state index contributed by atoms with van der Waals surface area (Å²) in [6.07, 6.45) is 3.93. The number of piperidine rings is 3. The lowest BCUT2D eigenvalue weighted by atomic mass is 9.84. The molecule has 5 rings (SSSR count). The second-order valence-corrected chi connectivity index (χ2v) is 12.8. The van der Waals surface area contributed by atoms with Crippen molar-refractivity contribution in [2.45, 2.75) is 77.2 Å². The topological polar surface area (TPSA) is 96.8 Å². The molecule has 4 heterocycles. The maximum Gasteiger partial charge on any atom is 0.410 e. The molecule has 3 aliphatic rings. The lowest BCUT2D eigenvalue weighted by Crippen LogP contribution is -2.48. The van der Waals surface area contributed by atoms with Crippen molar-refractivity contribution in [3.63, 3.8) is 0 Å².